The number of nitrogens with zero attached hydrogens (tertiary/aromatic N) is 1. The zero-order valence-corrected chi connectivity index (χ0v) is 10.4. The lowest BCUT2D eigenvalue weighted by Gasteiger charge is -2.36. The fraction of sp³-hybridized carbons (Fsp3) is 0.875. The smallest absolute Gasteiger partial charge is 0.320 e. The second-order valence-electron chi connectivity index (χ2n) is 4.09. The van der Waals surface area contributed by atoms with Crippen molar-refractivity contribution in [3.63, 3.8) is 0 Å². The monoisotopic (exact) mass is 253 g/mol. The molecule has 0 unspecified atom stereocenters. The first-order chi connectivity index (χ1) is 6.73. The SMILES string of the molecule is CC1(C)CN(S(=O)(=O)CC(=O)O)CCS1. The van der Waals surface area contributed by atoms with Crippen LogP contribution in [0.25, 0.3) is 0 Å². The molecule has 1 heterocycles. The molecule has 0 spiro atoms. The number of hydrogen-bond acceptors (Lipinski definition) is 4. The molecule has 0 aliphatic carbocycles. The lowest BCUT2D eigenvalue weighted by molar-refractivity contribution is -0.134. The molecule has 5 nitrogen and oxygen atoms in total. The Morgan fingerprint density at radius 3 is 2.60 bits per heavy atom. The van der Waals surface area contributed by atoms with Gasteiger partial charge in [0.2, 0.25) is 10.0 Å². The lowest BCUT2D eigenvalue weighted by Crippen LogP contribution is -2.47. The van der Waals surface area contributed by atoms with Gasteiger partial charge in [-0.05, 0) is 13.8 Å². The molecule has 0 atom stereocenters. The van der Waals surface area contributed by atoms with Crippen molar-refractivity contribution in [1.29, 1.82) is 0 Å². The van der Waals surface area contributed by atoms with E-state index in [4.69, 9.17) is 5.11 Å². The number of thioether (sulfide) groups is 1. The van der Waals surface area contributed by atoms with Crippen LogP contribution >= 0.6 is 11.8 Å². The first kappa shape index (κ1) is 12.8. The molecule has 1 rings (SSSR count). The zero-order chi connectivity index (χ0) is 11.7. The molecule has 1 fully saturated rings. The van der Waals surface area contributed by atoms with E-state index in [0.717, 1.165) is 0 Å². The van der Waals surface area contributed by atoms with Crippen LogP contribution in [0.3, 0.4) is 0 Å². The molecule has 0 bridgehead atoms. The number of carbonyl (C=O) groups is 1. The Bertz CT molecular complexity index is 350. The van der Waals surface area contributed by atoms with Crippen LogP contribution in [0, 0.1) is 0 Å². The van der Waals surface area contributed by atoms with E-state index in [1.807, 2.05) is 13.8 Å². The van der Waals surface area contributed by atoms with Crippen LogP contribution in [0.1, 0.15) is 13.8 Å². The summed E-state index contributed by atoms with van der Waals surface area (Å²) < 4.78 is 24.4. The molecule has 0 aromatic carbocycles. The average Bonchev–Trinajstić information content (AvgIpc) is 1.99. The van der Waals surface area contributed by atoms with Gasteiger partial charge in [0.1, 0.15) is 0 Å². The summed E-state index contributed by atoms with van der Waals surface area (Å²) in [4.78, 5) is 10.4. The Hall–Kier alpha value is -0.270. The highest BCUT2D eigenvalue weighted by Gasteiger charge is 2.34. The van der Waals surface area contributed by atoms with Crippen LogP contribution in [0.4, 0.5) is 0 Å². The second kappa shape index (κ2) is 4.31. The van der Waals surface area contributed by atoms with Crippen LogP contribution < -0.4 is 0 Å². The topological polar surface area (TPSA) is 74.7 Å². The van der Waals surface area contributed by atoms with Gasteiger partial charge in [0.05, 0.1) is 0 Å². The zero-order valence-electron chi connectivity index (χ0n) is 8.76. The summed E-state index contributed by atoms with van der Waals surface area (Å²) in [5.41, 5.74) is 0. The molecule has 0 amide bonds. The number of carboxylic acid groups (broad SMARTS) is 1. The molecular weight excluding hydrogens is 238 g/mol. The Morgan fingerprint density at radius 2 is 2.13 bits per heavy atom. The lowest BCUT2D eigenvalue weighted by atomic mass is 10.2. The van der Waals surface area contributed by atoms with Gasteiger partial charge in [0.15, 0.2) is 5.75 Å². The Labute approximate surface area is 93.9 Å². The van der Waals surface area contributed by atoms with Gasteiger partial charge in [-0.3, -0.25) is 4.79 Å². The summed E-state index contributed by atoms with van der Waals surface area (Å²) in [5.74, 6) is -1.40. The molecular formula is C8H15NO4S2. The largest absolute Gasteiger partial charge is 0.480 e. The summed E-state index contributed by atoms with van der Waals surface area (Å²) >= 11 is 1.71. The Balaban J connectivity index is 2.75. The predicted molar refractivity (Wildman–Crippen MR) is 59.5 cm³/mol. The molecule has 0 saturated carbocycles. The minimum Gasteiger partial charge on any atom is -0.480 e. The van der Waals surface area contributed by atoms with Gasteiger partial charge in [0, 0.05) is 23.6 Å². The van der Waals surface area contributed by atoms with E-state index in [1.54, 1.807) is 11.8 Å². The number of carboxylic acids is 1. The minimum absolute atomic E-state index is 0.135. The van der Waals surface area contributed by atoms with Crippen molar-refractivity contribution >= 4 is 27.8 Å². The number of aliphatic carboxylic acids is 1. The van der Waals surface area contributed by atoms with E-state index >= 15 is 0 Å². The molecule has 1 aliphatic rings. The molecule has 1 N–H and O–H groups in total. The minimum atomic E-state index is -3.63. The van der Waals surface area contributed by atoms with Crippen LogP contribution in [0.2, 0.25) is 0 Å². The first-order valence-electron chi connectivity index (χ1n) is 4.56. The van der Waals surface area contributed by atoms with Crippen molar-refractivity contribution < 1.29 is 18.3 Å². The normalized spacial score (nSPS) is 22.5. The average molecular weight is 253 g/mol. The quantitative estimate of drug-likeness (QED) is 0.779. The van der Waals surface area contributed by atoms with Crippen LogP contribution in [-0.2, 0) is 14.8 Å². The summed E-state index contributed by atoms with van der Waals surface area (Å²) in [6.07, 6.45) is 0. The third-order valence-electron chi connectivity index (χ3n) is 2.09. The third kappa shape index (κ3) is 3.66. The van der Waals surface area contributed by atoms with Crippen molar-refractivity contribution in [2.75, 3.05) is 24.6 Å². The second-order valence-corrected chi connectivity index (χ2v) is 7.86. The van der Waals surface area contributed by atoms with E-state index in [1.165, 1.54) is 4.31 Å². The van der Waals surface area contributed by atoms with Gasteiger partial charge in [-0.1, -0.05) is 0 Å². The van der Waals surface area contributed by atoms with Crippen LogP contribution in [0.15, 0.2) is 0 Å². The van der Waals surface area contributed by atoms with Crippen molar-refractivity contribution in [3.8, 4) is 0 Å². The van der Waals surface area contributed by atoms with Gasteiger partial charge in [0.25, 0.3) is 0 Å². The number of hydrogen-bond donors (Lipinski definition) is 1. The first-order valence-corrected chi connectivity index (χ1v) is 7.16. The van der Waals surface area contributed by atoms with Crippen molar-refractivity contribution in [2.24, 2.45) is 0 Å². The summed E-state index contributed by atoms with van der Waals surface area (Å²) in [6.45, 7) is 4.71. The van der Waals surface area contributed by atoms with E-state index in [2.05, 4.69) is 0 Å². The van der Waals surface area contributed by atoms with E-state index in [9.17, 15) is 13.2 Å². The van der Waals surface area contributed by atoms with Crippen LogP contribution in [0.5, 0.6) is 0 Å². The fourth-order valence-corrected chi connectivity index (χ4v) is 4.15. The Morgan fingerprint density at radius 1 is 1.53 bits per heavy atom. The standard InChI is InChI=1S/C8H15NO4S2/c1-8(2)6-9(3-4-14-8)15(12,13)5-7(10)11/h3-6H2,1-2H3,(H,10,11). The maximum Gasteiger partial charge on any atom is 0.320 e. The van der Waals surface area contributed by atoms with Crippen molar-refractivity contribution in [1.82, 2.24) is 4.31 Å². The molecule has 0 aromatic rings. The highest BCUT2D eigenvalue weighted by atomic mass is 32.2. The van der Waals surface area contributed by atoms with Gasteiger partial charge < -0.3 is 5.11 Å². The Kier molecular flexibility index (Phi) is 3.67. The molecule has 7 heteroatoms. The van der Waals surface area contributed by atoms with Gasteiger partial charge in [-0.2, -0.15) is 16.1 Å². The molecule has 0 aromatic heterocycles. The number of rotatable bonds is 3. The molecule has 88 valence electrons. The van der Waals surface area contributed by atoms with E-state index < -0.39 is 21.7 Å². The highest BCUT2D eigenvalue weighted by molar-refractivity contribution is 8.00. The summed E-state index contributed by atoms with van der Waals surface area (Å²) in [5, 5.41) is 8.50. The van der Waals surface area contributed by atoms with E-state index in [0.29, 0.717) is 18.8 Å². The van der Waals surface area contributed by atoms with E-state index in [-0.39, 0.29) is 4.75 Å². The summed E-state index contributed by atoms with van der Waals surface area (Å²) in [7, 11) is -3.63. The molecule has 1 saturated heterocycles. The summed E-state index contributed by atoms with van der Waals surface area (Å²) in [6, 6.07) is 0. The van der Waals surface area contributed by atoms with Crippen molar-refractivity contribution in [3.05, 3.63) is 0 Å². The fourth-order valence-electron chi connectivity index (χ4n) is 1.46. The van der Waals surface area contributed by atoms with Gasteiger partial charge >= 0.3 is 5.97 Å². The maximum atomic E-state index is 11.6. The molecule has 15 heavy (non-hydrogen) atoms. The van der Waals surface area contributed by atoms with Crippen LogP contribution in [-0.4, -0.2) is 53.1 Å². The predicted octanol–water partition coefficient (Wildman–Crippen LogP) is 0.228. The highest BCUT2D eigenvalue weighted by Crippen LogP contribution is 2.30. The molecule has 0 radical (unpaired) electrons. The van der Waals surface area contributed by atoms with Gasteiger partial charge in [-0.15, -0.1) is 0 Å². The van der Waals surface area contributed by atoms with Gasteiger partial charge in [-0.25, -0.2) is 8.42 Å². The molecule has 1 aliphatic heterocycles. The van der Waals surface area contributed by atoms with Crippen molar-refractivity contribution in [2.45, 2.75) is 18.6 Å². The third-order valence-corrected chi connectivity index (χ3v) is 5.10. The maximum absolute atomic E-state index is 11.6. The number of sulfonamides is 1.